The molecular formula is C16H25FN2. The molecule has 1 fully saturated rings. The van der Waals surface area contributed by atoms with Gasteiger partial charge in [-0.25, -0.2) is 4.39 Å². The molecule has 1 saturated heterocycles. The number of hydrogen-bond acceptors (Lipinski definition) is 2. The molecule has 0 bridgehead atoms. The van der Waals surface area contributed by atoms with E-state index in [0.717, 1.165) is 30.6 Å². The normalized spacial score (nSPS) is 22.1. The van der Waals surface area contributed by atoms with E-state index in [-0.39, 0.29) is 11.9 Å². The van der Waals surface area contributed by atoms with Crippen LogP contribution in [0.1, 0.15) is 57.6 Å². The summed E-state index contributed by atoms with van der Waals surface area (Å²) in [6.45, 7) is 5.04. The summed E-state index contributed by atoms with van der Waals surface area (Å²) in [7, 11) is 0. The van der Waals surface area contributed by atoms with Gasteiger partial charge in [-0.1, -0.05) is 25.8 Å². The van der Waals surface area contributed by atoms with E-state index in [0.29, 0.717) is 6.04 Å². The van der Waals surface area contributed by atoms with Gasteiger partial charge in [0.2, 0.25) is 0 Å². The van der Waals surface area contributed by atoms with Crippen molar-refractivity contribution in [1.82, 2.24) is 0 Å². The number of halogens is 1. The van der Waals surface area contributed by atoms with Crippen LogP contribution in [0, 0.1) is 5.82 Å². The standard InChI is InChI=1S/C16H25FN2/c1-3-14-7-5-4-6-10-19(14)16-9-8-13(12(2)18)11-15(16)17/h8-9,11-12,14H,3-7,10,18H2,1-2H3/t12-,14?/m0/s1. The first-order chi connectivity index (χ1) is 9.13. The van der Waals surface area contributed by atoms with E-state index in [1.165, 1.54) is 19.3 Å². The summed E-state index contributed by atoms with van der Waals surface area (Å²) >= 11 is 0. The molecule has 2 rings (SSSR count). The summed E-state index contributed by atoms with van der Waals surface area (Å²) in [5.74, 6) is -0.129. The second-order valence-electron chi connectivity index (χ2n) is 5.60. The largest absolute Gasteiger partial charge is 0.366 e. The second-order valence-corrected chi connectivity index (χ2v) is 5.60. The molecule has 1 aliphatic heterocycles. The van der Waals surface area contributed by atoms with Crippen molar-refractivity contribution in [3.63, 3.8) is 0 Å². The van der Waals surface area contributed by atoms with Gasteiger partial charge in [0.1, 0.15) is 5.82 Å². The van der Waals surface area contributed by atoms with Crippen LogP contribution < -0.4 is 10.6 Å². The van der Waals surface area contributed by atoms with Gasteiger partial charge in [0.15, 0.2) is 0 Å². The highest BCUT2D eigenvalue weighted by Gasteiger charge is 2.22. The molecule has 0 saturated carbocycles. The summed E-state index contributed by atoms with van der Waals surface area (Å²) in [5, 5.41) is 0. The Kier molecular flexibility index (Phi) is 4.81. The van der Waals surface area contributed by atoms with Gasteiger partial charge in [-0.2, -0.15) is 0 Å². The van der Waals surface area contributed by atoms with Crippen molar-refractivity contribution in [2.24, 2.45) is 5.73 Å². The lowest BCUT2D eigenvalue weighted by molar-refractivity contribution is 0.539. The molecule has 1 heterocycles. The first kappa shape index (κ1) is 14.3. The first-order valence-electron chi connectivity index (χ1n) is 7.45. The van der Waals surface area contributed by atoms with Gasteiger partial charge < -0.3 is 10.6 Å². The molecule has 1 unspecified atom stereocenters. The molecule has 2 N–H and O–H groups in total. The van der Waals surface area contributed by atoms with Gasteiger partial charge in [0.25, 0.3) is 0 Å². The summed E-state index contributed by atoms with van der Waals surface area (Å²) in [6, 6.07) is 5.81. The van der Waals surface area contributed by atoms with E-state index in [1.807, 2.05) is 19.1 Å². The van der Waals surface area contributed by atoms with Gasteiger partial charge in [0.05, 0.1) is 5.69 Å². The van der Waals surface area contributed by atoms with Crippen LogP contribution in [-0.2, 0) is 0 Å². The minimum atomic E-state index is -0.129. The molecule has 19 heavy (non-hydrogen) atoms. The predicted octanol–water partition coefficient (Wildman–Crippen LogP) is 4.00. The van der Waals surface area contributed by atoms with Crippen LogP contribution in [0.5, 0.6) is 0 Å². The number of anilines is 1. The Labute approximate surface area is 115 Å². The van der Waals surface area contributed by atoms with Crippen molar-refractivity contribution in [2.45, 2.75) is 58.0 Å². The topological polar surface area (TPSA) is 29.3 Å². The molecule has 0 spiro atoms. The van der Waals surface area contributed by atoms with Crippen molar-refractivity contribution in [1.29, 1.82) is 0 Å². The zero-order chi connectivity index (χ0) is 13.8. The molecule has 106 valence electrons. The summed E-state index contributed by atoms with van der Waals surface area (Å²) in [4.78, 5) is 2.26. The van der Waals surface area contributed by atoms with E-state index in [1.54, 1.807) is 6.07 Å². The highest BCUT2D eigenvalue weighted by atomic mass is 19.1. The average molecular weight is 264 g/mol. The van der Waals surface area contributed by atoms with E-state index in [9.17, 15) is 4.39 Å². The fourth-order valence-corrected chi connectivity index (χ4v) is 2.96. The summed E-state index contributed by atoms with van der Waals surface area (Å²) < 4.78 is 14.3. The molecule has 1 aromatic rings. The minimum Gasteiger partial charge on any atom is -0.366 e. The number of nitrogens with zero attached hydrogens (tertiary/aromatic N) is 1. The van der Waals surface area contributed by atoms with Crippen LogP contribution in [0.3, 0.4) is 0 Å². The smallest absolute Gasteiger partial charge is 0.146 e. The first-order valence-corrected chi connectivity index (χ1v) is 7.45. The van der Waals surface area contributed by atoms with E-state index in [4.69, 9.17) is 5.73 Å². The molecule has 0 aromatic heterocycles. The third-order valence-electron chi connectivity index (χ3n) is 4.16. The van der Waals surface area contributed by atoms with Crippen LogP contribution in [0.25, 0.3) is 0 Å². The molecule has 0 amide bonds. The van der Waals surface area contributed by atoms with Crippen molar-refractivity contribution in [2.75, 3.05) is 11.4 Å². The van der Waals surface area contributed by atoms with Gasteiger partial charge >= 0.3 is 0 Å². The van der Waals surface area contributed by atoms with Crippen LogP contribution in [0.15, 0.2) is 18.2 Å². The third kappa shape index (κ3) is 3.27. The van der Waals surface area contributed by atoms with E-state index in [2.05, 4.69) is 11.8 Å². The molecule has 2 atom stereocenters. The Morgan fingerprint density at radius 3 is 2.79 bits per heavy atom. The lowest BCUT2D eigenvalue weighted by Gasteiger charge is -2.32. The van der Waals surface area contributed by atoms with Crippen molar-refractivity contribution in [3.05, 3.63) is 29.6 Å². The predicted molar refractivity (Wildman–Crippen MR) is 78.9 cm³/mol. The maximum absolute atomic E-state index is 14.3. The number of hydrogen-bond donors (Lipinski definition) is 1. The van der Waals surface area contributed by atoms with E-state index >= 15 is 0 Å². The third-order valence-corrected chi connectivity index (χ3v) is 4.16. The molecule has 2 nitrogen and oxygen atoms in total. The fraction of sp³-hybridized carbons (Fsp3) is 0.625. The molecule has 1 aliphatic rings. The summed E-state index contributed by atoms with van der Waals surface area (Å²) in [5.41, 5.74) is 7.42. The van der Waals surface area contributed by atoms with Crippen molar-refractivity contribution < 1.29 is 4.39 Å². The monoisotopic (exact) mass is 264 g/mol. The Hall–Kier alpha value is -1.09. The van der Waals surface area contributed by atoms with Crippen LogP contribution in [-0.4, -0.2) is 12.6 Å². The lowest BCUT2D eigenvalue weighted by atomic mass is 10.0. The van der Waals surface area contributed by atoms with Gasteiger partial charge in [-0.05, 0) is 43.9 Å². The average Bonchev–Trinajstić information content (AvgIpc) is 2.63. The minimum absolute atomic E-state index is 0.116. The van der Waals surface area contributed by atoms with E-state index < -0.39 is 0 Å². The van der Waals surface area contributed by atoms with Gasteiger partial charge in [-0.3, -0.25) is 0 Å². The number of benzene rings is 1. The van der Waals surface area contributed by atoms with Gasteiger partial charge in [0, 0.05) is 18.6 Å². The van der Waals surface area contributed by atoms with Crippen LogP contribution >= 0.6 is 0 Å². The lowest BCUT2D eigenvalue weighted by Crippen LogP contribution is -2.35. The summed E-state index contributed by atoms with van der Waals surface area (Å²) in [6.07, 6.45) is 5.92. The zero-order valence-corrected chi connectivity index (χ0v) is 12.0. The SMILES string of the molecule is CCC1CCCCCN1c1ccc([C@H](C)N)cc1F. The highest BCUT2D eigenvalue weighted by Crippen LogP contribution is 2.29. The van der Waals surface area contributed by atoms with Crippen molar-refractivity contribution >= 4 is 5.69 Å². The number of rotatable bonds is 3. The second kappa shape index (κ2) is 6.38. The van der Waals surface area contributed by atoms with Gasteiger partial charge in [-0.15, -0.1) is 0 Å². The Bertz CT molecular complexity index is 417. The zero-order valence-electron chi connectivity index (χ0n) is 12.0. The Morgan fingerprint density at radius 1 is 1.37 bits per heavy atom. The van der Waals surface area contributed by atoms with Crippen LogP contribution in [0.2, 0.25) is 0 Å². The molecule has 0 radical (unpaired) electrons. The quantitative estimate of drug-likeness (QED) is 0.894. The fourth-order valence-electron chi connectivity index (χ4n) is 2.96. The number of nitrogens with two attached hydrogens (primary N) is 1. The van der Waals surface area contributed by atoms with Crippen LogP contribution in [0.4, 0.5) is 10.1 Å². The Balaban J connectivity index is 2.28. The highest BCUT2D eigenvalue weighted by molar-refractivity contribution is 5.50. The molecule has 3 heteroatoms. The Morgan fingerprint density at radius 2 is 2.16 bits per heavy atom. The molecule has 0 aliphatic carbocycles. The van der Waals surface area contributed by atoms with Crippen molar-refractivity contribution in [3.8, 4) is 0 Å². The maximum Gasteiger partial charge on any atom is 0.146 e. The maximum atomic E-state index is 14.3. The molecular weight excluding hydrogens is 239 g/mol. The molecule has 1 aromatic carbocycles.